The molecule has 136 valence electrons. The molecule has 25 heavy (non-hydrogen) atoms. The second-order valence-corrected chi connectivity index (χ2v) is 7.11. The minimum Gasteiger partial charge on any atom is -0.497 e. The van der Waals surface area contributed by atoms with Gasteiger partial charge in [0.05, 0.1) is 12.5 Å². The van der Waals surface area contributed by atoms with Crippen LogP contribution in [0.4, 0.5) is 4.79 Å². The smallest absolute Gasteiger partial charge is 0.317 e. The van der Waals surface area contributed by atoms with Gasteiger partial charge in [-0.15, -0.1) is 0 Å². The highest BCUT2D eigenvalue weighted by molar-refractivity contribution is 5.85. The first-order valence-electron chi connectivity index (χ1n) is 8.95. The average Bonchev–Trinajstić information content (AvgIpc) is 3.05. The van der Waals surface area contributed by atoms with Crippen LogP contribution in [-0.2, 0) is 11.2 Å². The molecule has 1 aromatic carbocycles. The van der Waals surface area contributed by atoms with Crippen LogP contribution < -0.4 is 10.1 Å². The third kappa shape index (κ3) is 3.72. The van der Waals surface area contributed by atoms with Crippen molar-refractivity contribution in [1.82, 2.24) is 15.1 Å². The topological polar surface area (TPSA) is 61.9 Å². The predicted octanol–water partition coefficient (Wildman–Crippen LogP) is 1.89. The van der Waals surface area contributed by atoms with Crippen LogP contribution in [-0.4, -0.2) is 62.1 Å². The minimum atomic E-state index is -0.347. The van der Waals surface area contributed by atoms with E-state index in [9.17, 15) is 9.59 Å². The molecule has 3 amide bonds. The number of methoxy groups -OCH3 is 1. The molecule has 6 nitrogen and oxygen atoms in total. The first-order chi connectivity index (χ1) is 12.0. The summed E-state index contributed by atoms with van der Waals surface area (Å²) in [7, 11) is 3.51. The number of nitrogens with zero attached hydrogens (tertiary/aromatic N) is 2. The van der Waals surface area contributed by atoms with Crippen molar-refractivity contribution in [3.8, 4) is 5.75 Å². The fourth-order valence-corrected chi connectivity index (χ4v) is 3.91. The molecule has 0 unspecified atom stereocenters. The second kappa shape index (κ2) is 7.33. The Bertz CT molecular complexity index is 631. The number of hydrogen-bond acceptors (Lipinski definition) is 3. The van der Waals surface area contributed by atoms with E-state index in [1.165, 1.54) is 0 Å². The van der Waals surface area contributed by atoms with Gasteiger partial charge in [0.25, 0.3) is 0 Å². The summed E-state index contributed by atoms with van der Waals surface area (Å²) in [6.07, 6.45) is 3.47. The monoisotopic (exact) mass is 345 g/mol. The molecule has 0 radical (unpaired) electrons. The second-order valence-electron chi connectivity index (χ2n) is 7.11. The number of carbonyl (C=O) groups excluding carboxylic acids is 2. The first-order valence-corrected chi connectivity index (χ1v) is 8.95. The van der Waals surface area contributed by atoms with Crippen molar-refractivity contribution in [3.05, 3.63) is 29.8 Å². The maximum atomic E-state index is 12.5. The molecule has 0 bridgehead atoms. The number of benzene rings is 1. The lowest BCUT2D eigenvalue weighted by molar-refractivity contribution is -0.143. The number of rotatable bonds is 4. The molecule has 1 aromatic rings. The summed E-state index contributed by atoms with van der Waals surface area (Å²) >= 11 is 0. The van der Waals surface area contributed by atoms with Crippen molar-refractivity contribution in [3.63, 3.8) is 0 Å². The van der Waals surface area contributed by atoms with Crippen LogP contribution >= 0.6 is 0 Å². The number of urea groups is 1. The van der Waals surface area contributed by atoms with Gasteiger partial charge in [0, 0.05) is 33.2 Å². The summed E-state index contributed by atoms with van der Waals surface area (Å²) in [6, 6.07) is 7.80. The van der Waals surface area contributed by atoms with Crippen LogP contribution in [0.25, 0.3) is 0 Å². The summed E-state index contributed by atoms with van der Waals surface area (Å²) < 4.78 is 5.14. The summed E-state index contributed by atoms with van der Waals surface area (Å²) in [5, 5.41) is 2.98. The summed E-state index contributed by atoms with van der Waals surface area (Å²) in [6.45, 7) is 2.62. The Kier molecular flexibility index (Phi) is 5.16. The predicted molar refractivity (Wildman–Crippen MR) is 95.6 cm³/mol. The van der Waals surface area contributed by atoms with Gasteiger partial charge in [-0.25, -0.2) is 4.79 Å². The van der Waals surface area contributed by atoms with E-state index in [4.69, 9.17) is 4.74 Å². The van der Waals surface area contributed by atoms with Crippen molar-refractivity contribution in [2.45, 2.75) is 25.7 Å². The number of nitrogens with one attached hydrogen (secondary N) is 1. The molecule has 2 fully saturated rings. The van der Waals surface area contributed by atoms with Gasteiger partial charge in [-0.05, 0) is 43.4 Å². The lowest BCUT2D eigenvalue weighted by atomic mass is 9.78. The van der Waals surface area contributed by atoms with Gasteiger partial charge in [0.2, 0.25) is 5.91 Å². The maximum absolute atomic E-state index is 12.5. The summed E-state index contributed by atoms with van der Waals surface area (Å²) in [4.78, 5) is 28.6. The fourth-order valence-electron chi connectivity index (χ4n) is 3.91. The Hall–Kier alpha value is -2.24. The van der Waals surface area contributed by atoms with Crippen molar-refractivity contribution in [2.24, 2.45) is 5.41 Å². The third-order valence-corrected chi connectivity index (χ3v) is 5.44. The van der Waals surface area contributed by atoms with E-state index < -0.39 is 0 Å². The third-order valence-electron chi connectivity index (χ3n) is 5.44. The van der Waals surface area contributed by atoms with Gasteiger partial charge in [0.15, 0.2) is 0 Å². The van der Waals surface area contributed by atoms with E-state index in [0.29, 0.717) is 19.6 Å². The first kappa shape index (κ1) is 17.6. The number of ether oxygens (including phenoxy) is 1. The Balaban J connectivity index is 1.48. The van der Waals surface area contributed by atoms with Gasteiger partial charge >= 0.3 is 6.03 Å². The normalized spacial score (nSPS) is 23.2. The molecule has 2 aliphatic rings. The molecule has 1 N–H and O–H groups in total. The molecule has 0 aliphatic carbocycles. The van der Waals surface area contributed by atoms with Crippen LogP contribution in [0.15, 0.2) is 24.3 Å². The lowest BCUT2D eigenvalue weighted by Crippen LogP contribution is -2.49. The molecule has 6 heteroatoms. The molecule has 1 spiro atoms. The summed E-state index contributed by atoms with van der Waals surface area (Å²) in [5.74, 6) is 1.03. The van der Waals surface area contributed by atoms with E-state index in [1.54, 1.807) is 12.0 Å². The molecule has 2 aliphatic heterocycles. The lowest BCUT2D eigenvalue weighted by Gasteiger charge is -2.37. The number of carbonyl (C=O) groups is 2. The van der Waals surface area contributed by atoms with Crippen molar-refractivity contribution in [2.75, 3.05) is 40.3 Å². The molecular formula is C19H27N3O3. The van der Waals surface area contributed by atoms with Crippen LogP contribution in [0.3, 0.4) is 0 Å². The Morgan fingerprint density at radius 1 is 1.24 bits per heavy atom. The van der Waals surface area contributed by atoms with Gasteiger partial charge in [-0.1, -0.05) is 12.1 Å². The van der Waals surface area contributed by atoms with Gasteiger partial charge < -0.3 is 19.9 Å². The Morgan fingerprint density at radius 3 is 2.72 bits per heavy atom. The van der Waals surface area contributed by atoms with Gasteiger partial charge in [-0.2, -0.15) is 0 Å². The zero-order valence-corrected chi connectivity index (χ0v) is 15.1. The van der Waals surface area contributed by atoms with Crippen molar-refractivity contribution >= 4 is 11.9 Å². The average molecular weight is 345 g/mol. The zero-order valence-electron chi connectivity index (χ0n) is 15.1. The van der Waals surface area contributed by atoms with E-state index >= 15 is 0 Å². The molecule has 0 saturated carbocycles. The maximum Gasteiger partial charge on any atom is 0.317 e. The molecule has 2 heterocycles. The number of amides is 3. The van der Waals surface area contributed by atoms with E-state index in [-0.39, 0.29) is 17.4 Å². The highest BCUT2D eigenvalue weighted by Crippen LogP contribution is 2.39. The van der Waals surface area contributed by atoms with Gasteiger partial charge in [0.1, 0.15) is 5.75 Å². The largest absolute Gasteiger partial charge is 0.497 e. The molecular weight excluding hydrogens is 318 g/mol. The molecule has 1 atom stereocenters. The summed E-state index contributed by atoms with van der Waals surface area (Å²) in [5.41, 5.74) is 0.809. The number of piperidine rings is 1. The quantitative estimate of drug-likeness (QED) is 0.906. The SMILES string of the molecule is COc1ccc(CCNC(=O)N2CC[C@]3(CCCN(C)C3=O)C2)cc1. The van der Waals surface area contributed by atoms with Crippen molar-refractivity contribution in [1.29, 1.82) is 0 Å². The van der Waals surface area contributed by atoms with E-state index in [2.05, 4.69) is 5.32 Å². The molecule has 2 saturated heterocycles. The Morgan fingerprint density at radius 2 is 2.00 bits per heavy atom. The minimum absolute atomic E-state index is 0.0635. The van der Waals surface area contributed by atoms with Crippen LogP contribution in [0.1, 0.15) is 24.8 Å². The van der Waals surface area contributed by atoms with E-state index in [1.807, 2.05) is 36.2 Å². The number of hydrogen-bond donors (Lipinski definition) is 1. The van der Waals surface area contributed by atoms with Crippen LogP contribution in [0, 0.1) is 5.41 Å². The molecule has 0 aromatic heterocycles. The highest BCUT2D eigenvalue weighted by Gasteiger charge is 2.48. The molecule has 3 rings (SSSR count). The number of likely N-dealkylation sites (tertiary alicyclic amines) is 2. The fraction of sp³-hybridized carbons (Fsp3) is 0.579. The zero-order chi connectivity index (χ0) is 17.9. The van der Waals surface area contributed by atoms with E-state index in [0.717, 1.165) is 43.5 Å². The van der Waals surface area contributed by atoms with Crippen LogP contribution in [0.5, 0.6) is 5.75 Å². The van der Waals surface area contributed by atoms with Gasteiger partial charge in [-0.3, -0.25) is 4.79 Å². The highest BCUT2D eigenvalue weighted by atomic mass is 16.5. The van der Waals surface area contributed by atoms with Crippen LogP contribution in [0.2, 0.25) is 0 Å². The standard InChI is InChI=1S/C19H27N3O3/c1-21-12-3-9-19(17(21)23)10-13-22(14-19)18(24)20-11-8-15-4-6-16(25-2)7-5-15/h4-7H,3,8-14H2,1-2H3,(H,20,24)/t19-/m1/s1. The Labute approximate surface area is 149 Å². The van der Waals surface area contributed by atoms with Crippen molar-refractivity contribution < 1.29 is 14.3 Å².